The van der Waals surface area contributed by atoms with Gasteiger partial charge in [0.1, 0.15) is 0 Å². The van der Waals surface area contributed by atoms with Gasteiger partial charge in [-0.1, -0.05) is 17.3 Å². The molecule has 1 saturated carbocycles. The van der Waals surface area contributed by atoms with Crippen LogP contribution in [0.1, 0.15) is 36.0 Å². The Bertz CT molecular complexity index is 1410. The first-order valence-electron chi connectivity index (χ1n) is 9.44. The van der Waals surface area contributed by atoms with Gasteiger partial charge < -0.3 is 8.94 Å². The molecule has 1 aliphatic carbocycles. The van der Waals surface area contributed by atoms with E-state index in [1.165, 1.54) is 22.8 Å². The van der Waals surface area contributed by atoms with Crippen LogP contribution >= 0.6 is 0 Å². The molecule has 0 bridgehead atoms. The number of hydrogen-bond donors (Lipinski definition) is 1. The number of fused-ring (bicyclic) bond motifs is 1. The van der Waals surface area contributed by atoms with Crippen molar-refractivity contribution in [2.24, 2.45) is 0 Å². The minimum Gasteiger partial charge on any atom is -0.408 e. The summed E-state index contributed by atoms with van der Waals surface area (Å²) in [4.78, 5) is 16.6. The SMILES string of the molecule is Cc1cccc(NS(=O)(=O)c2ccc3c(c2)oc(=O)n3Cc2noc(C3CC3)n2)c1. The number of aromatic nitrogens is 3. The van der Waals surface area contributed by atoms with E-state index in [-0.39, 0.29) is 17.0 Å². The third-order valence-corrected chi connectivity index (χ3v) is 6.31. The minimum atomic E-state index is -3.84. The van der Waals surface area contributed by atoms with E-state index in [4.69, 9.17) is 8.94 Å². The van der Waals surface area contributed by atoms with Gasteiger partial charge in [0.25, 0.3) is 10.0 Å². The number of nitrogens with zero attached hydrogens (tertiary/aromatic N) is 3. The molecule has 9 nitrogen and oxygen atoms in total. The maximum atomic E-state index is 12.7. The molecule has 0 aliphatic heterocycles. The number of rotatable bonds is 6. The predicted octanol–water partition coefficient (Wildman–Crippen LogP) is 3.01. The van der Waals surface area contributed by atoms with Gasteiger partial charge in [0.15, 0.2) is 11.4 Å². The third-order valence-electron chi connectivity index (χ3n) is 4.93. The first kappa shape index (κ1) is 18.6. The van der Waals surface area contributed by atoms with Crippen LogP contribution in [0.2, 0.25) is 0 Å². The van der Waals surface area contributed by atoms with Gasteiger partial charge in [0, 0.05) is 17.7 Å². The smallest absolute Gasteiger partial charge is 0.408 e. The van der Waals surface area contributed by atoms with Crippen molar-refractivity contribution >= 4 is 26.8 Å². The molecule has 10 heteroatoms. The Labute approximate surface area is 171 Å². The average Bonchev–Trinajstić information content (AvgIpc) is 3.36. The lowest BCUT2D eigenvalue weighted by atomic mass is 10.2. The Morgan fingerprint density at radius 1 is 1.20 bits per heavy atom. The van der Waals surface area contributed by atoms with E-state index < -0.39 is 15.8 Å². The van der Waals surface area contributed by atoms with Crippen molar-refractivity contribution in [1.29, 1.82) is 0 Å². The van der Waals surface area contributed by atoms with Gasteiger partial charge in [0.05, 0.1) is 17.0 Å². The lowest BCUT2D eigenvalue weighted by Crippen LogP contribution is -2.15. The number of aryl methyl sites for hydroxylation is 1. The largest absolute Gasteiger partial charge is 0.420 e. The second-order valence-corrected chi connectivity index (χ2v) is 9.06. The van der Waals surface area contributed by atoms with Gasteiger partial charge in [-0.05, 0) is 49.6 Å². The zero-order chi connectivity index (χ0) is 20.9. The number of hydrogen-bond acceptors (Lipinski definition) is 7. The second-order valence-electron chi connectivity index (χ2n) is 7.38. The molecule has 2 aromatic carbocycles. The van der Waals surface area contributed by atoms with Crippen molar-refractivity contribution in [1.82, 2.24) is 14.7 Å². The van der Waals surface area contributed by atoms with Gasteiger partial charge in [0.2, 0.25) is 5.89 Å². The Morgan fingerprint density at radius 2 is 2.03 bits per heavy atom. The van der Waals surface area contributed by atoms with Crippen LogP contribution < -0.4 is 10.5 Å². The maximum absolute atomic E-state index is 12.7. The number of nitrogens with one attached hydrogen (secondary N) is 1. The highest BCUT2D eigenvalue weighted by Gasteiger charge is 2.29. The van der Waals surface area contributed by atoms with E-state index >= 15 is 0 Å². The van der Waals surface area contributed by atoms with Crippen LogP contribution in [0.5, 0.6) is 0 Å². The van der Waals surface area contributed by atoms with Crippen LogP contribution in [0, 0.1) is 6.92 Å². The second kappa shape index (κ2) is 6.84. The summed E-state index contributed by atoms with van der Waals surface area (Å²) in [5.74, 6) is 0.655. The van der Waals surface area contributed by atoms with Crippen LogP contribution in [0.4, 0.5) is 5.69 Å². The molecule has 1 aliphatic rings. The summed E-state index contributed by atoms with van der Waals surface area (Å²) in [5.41, 5.74) is 2.00. The molecule has 2 aromatic heterocycles. The first-order chi connectivity index (χ1) is 14.4. The highest BCUT2D eigenvalue weighted by atomic mass is 32.2. The summed E-state index contributed by atoms with van der Waals surface area (Å²) in [6.45, 7) is 1.95. The standard InChI is InChI=1S/C20H18N4O5S/c1-12-3-2-4-14(9-12)23-30(26,27)15-7-8-16-17(10-15)28-20(25)24(16)11-18-21-19(29-22-18)13-5-6-13/h2-4,7-10,13,23H,5-6,11H2,1H3. The normalized spacial score (nSPS) is 14.3. The van der Waals surface area contributed by atoms with E-state index in [1.807, 2.05) is 13.0 Å². The molecule has 0 amide bonds. The Balaban J connectivity index is 1.45. The molecule has 0 unspecified atom stereocenters. The summed E-state index contributed by atoms with van der Waals surface area (Å²) in [6, 6.07) is 11.3. The minimum absolute atomic E-state index is 0.00649. The molecule has 5 rings (SSSR count). The average molecular weight is 426 g/mol. The van der Waals surface area contributed by atoms with E-state index in [0.717, 1.165) is 18.4 Å². The number of benzene rings is 2. The molecule has 1 fully saturated rings. The van der Waals surface area contributed by atoms with Gasteiger partial charge in [-0.25, -0.2) is 13.2 Å². The molecular weight excluding hydrogens is 408 g/mol. The highest BCUT2D eigenvalue weighted by molar-refractivity contribution is 7.92. The van der Waals surface area contributed by atoms with Crippen molar-refractivity contribution in [2.45, 2.75) is 37.1 Å². The number of oxazole rings is 1. The summed E-state index contributed by atoms with van der Waals surface area (Å²) in [7, 11) is -3.84. The van der Waals surface area contributed by atoms with Crippen LogP contribution in [-0.2, 0) is 16.6 Å². The molecule has 4 aromatic rings. The fraction of sp³-hybridized carbons (Fsp3) is 0.250. The van der Waals surface area contributed by atoms with Crippen molar-refractivity contribution in [3.63, 3.8) is 0 Å². The summed E-state index contributed by atoms with van der Waals surface area (Å²) < 4.78 is 39.9. The van der Waals surface area contributed by atoms with E-state index in [0.29, 0.717) is 28.8 Å². The molecule has 0 radical (unpaired) electrons. The lowest BCUT2D eigenvalue weighted by Gasteiger charge is -2.08. The molecule has 0 atom stereocenters. The van der Waals surface area contributed by atoms with E-state index in [1.54, 1.807) is 18.2 Å². The van der Waals surface area contributed by atoms with Crippen LogP contribution in [0.25, 0.3) is 11.1 Å². The van der Waals surface area contributed by atoms with Gasteiger partial charge >= 0.3 is 5.76 Å². The zero-order valence-corrected chi connectivity index (χ0v) is 16.8. The molecule has 2 heterocycles. The molecule has 0 spiro atoms. The fourth-order valence-electron chi connectivity index (χ4n) is 3.26. The van der Waals surface area contributed by atoms with Crippen molar-refractivity contribution in [3.05, 3.63) is 70.3 Å². The third kappa shape index (κ3) is 3.50. The van der Waals surface area contributed by atoms with Gasteiger partial charge in [-0.15, -0.1) is 0 Å². The van der Waals surface area contributed by atoms with Crippen molar-refractivity contribution < 1.29 is 17.4 Å². The lowest BCUT2D eigenvalue weighted by molar-refractivity contribution is 0.372. The topological polar surface area (TPSA) is 120 Å². The summed E-state index contributed by atoms with van der Waals surface area (Å²) >= 11 is 0. The van der Waals surface area contributed by atoms with Crippen LogP contribution in [0.3, 0.4) is 0 Å². The first-order valence-corrected chi connectivity index (χ1v) is 10.9. The molecular formula is C20H18N4O5S. The molecule has 1 N–H and O–H groups in total. The van der Waals surface area contributed by atoms with E-state index in [2.05, 4.69) is 14.9 Å². The van der Waals surface area contributed by atoms with Gasteiger partial charge in [-0.2, -0.15) is 4.98 Å². The number of sulfonamides is 1. The maximum Gasteiger partial charge on any atom is 0.420 e. The quantitative estimate of drug-likeness (QED) is 0.503. The Hall–Kier alpha value is -3.40. The van der Waals surface area contributed by atoms with Crippen LogP contribution in [0.15, 0.2) is 61.1 Å². The molecule has 30 heavy (non-hydrogen) atoms. The Morgan fingerprint density at radius 3 is 2.80 bits per heavy atom. The highest BCUT2D eigenvalue weighted by Crippen LogP contribution is 2.38. The zero-order valence-electron chi connectivity index (χ0n) is 16.0. The molecule has 0 saturated heterocycles. The summed E-state index contributed by atoms with van der Waals surface area (Å²) in [5, 5.41) is 3.92. The molecule has 154 valence electrons. The Kier molecular flexibility index (Phi) is 4.24. The predicted molar refractivity (Wildman–Crippen MR) is 108 cm³/mol. The fourth-order valence-corrected chi connectivity index (χ4v) is 4.32. The van der Waals surface area contributed by atoms with E-state index in [9.17, 15) is 13.2 Å². The summed E-state index contributed by atoms with van der Waals surface area (Å²) in [6.07, 6.45) is 2.06. The van der Waals surface area contributed by atoms with Crippen LogP contribution in [-0.4, -0.2) is 23.1 Å². The van der Waals surface area contributed by atoms with Gasteiger partial charge in [-0.3, -0.25) is 9.29 Å². The number of anilines is 1. The van der Waals surface area contributed by atoms with Crippen molar-refractivity contribution in [2.75, 3.05) is 4.72 Å². The van der Waals surface area contributed by atoms with Crippen molar-refractivity contribution in [3.8, 4) is 0 Å². The monoisotopic (exact) mass is 426 g/mol.